The quantitative estimate of drug-likeness (QED) is 0.569. The molecule has 3 atom stereocenters. The van der Waals surface area contributed by atoms with Crippen LogP contribution < -0.4 is 0 Å². The Balaban J connectivity index is 0.000000960. The van der Waals surface area contributed by atoms with E-state index in [2.05, 4.69) is 20.8 Å². The van der Waals surface area contributed by atoms with Crippen LogP contribution in [0.25, 0.3) is 0 Å². The molecule has 0 aromatic heterocycles. The van der Waals surface area contributed by atoms with Crippen LogP contribution in [-0.2, 0) is 0 Å². The van der Waals surface area contributed by atoms with E-state index in [-0.39, 0.29) is 12.9 Å². The molecule has 0 amide bonds. The maximum absolute atomic E-state index is 2.53. The van der Waals surface area contributed by atoms with Crippen molar-refractivity contribution >= 4 is 0 Å². The molecule has 0 saturated heterocycles. The summed E-state index contributed by atoms with van der Waals surface area (Å²) in [5.41, 5.74) is 0. The highest BCUT2D eigenvalue weighted by Crippen LogP contribution is 2.58. The summed E-state index contributed by atoms with van der Waals surface area (Å²) in [6, 6.07) is 0. The van der Waals surface area contributed by atoms with Crippen molar-refractivity contribution in [3.05, 3.63) is 0 Å². The summed E-state index contributed by atoms with van der Waals surface area (Å²) < 4.78 is 0. The first-order valence-corrected chi connectivity index (χ1v) is 10.1. The van der Waals surface area contributed by atoms with Crippen molar-refractivity contribution in [3.63, 3.8) is 0 Å². The Bertz CT molecular complexity index is 344. The molecule has 0 aromatic rings. The highest BCUT2D eigenvalue weighted by Gasteiger charge is 2.48. The molecule has 4 bridgehead atoms. The second-order valence-corrected chi connectivity index (χ2v) is 9.88. The molecule has 0 aromatic carbocycles. The number of hydrogen-bond donors (Lipinski definition) is 0. The van der Waals surface area contributed by atoms with Crippen LogP contribution >= 0.6 is 0 Å². The van der Waals surface area contributed by atoms with Gasteiger partial charge in [0.2, 0.25) is 0 Å². The van der Waals surface area contributed by atoms with E-state index in [0.29, 0.717) is 0 Å². The molecule has 7 saturated carbocycles. The third kappa shape index (κ3) is 3.65. The molecule has 136 valence electrons. The van der Waals surface area contributed by atoms with E-state index < -0.39 is 0 Å². The summed E-state index contributed by atoms with van der Waals surface area (Å²) in [5, 5.41) is 0. The molecule has 3 unspecified atom stereocenters. The zero-order valence-electron chi connectivity index (χ0n) is 15.1. The Morgan fingerprint density at radius 3 is 1.57 bits per heavy atom. The van der Waals surface area contributed by atoms with Crippen molar-refractivity contribution in [3.8, 4) is 0 Å². The van der Waals surface area contributed by atoms with Crippen molar-refractivity contribution in [2.45, 2.75) is 86.0 Å². The third-order valence-electron chi connectivity index (χ3n) is 8.29. The van der Waals surface area contributed by atoms with Crippen LogP contribution in [0.2, 0.25) is 0 Å². The highest BCUT2D eigenvalue weighted by molar-refractivity contribution is 4.98. The van der Waals surface area contributed by atoms with Crippen molar-refractivity contribution in [1.82, 2.24) is 0 Å². The summed E-state index contributed by atoms with van der Waals surface area (Å²) in [5.74, 6) is 9.75. The fourth-order valence-corrected chi connectivity index (χ4v) is 6.92. The first-order valence-electron chi connectivity index (χ1n) is 10.1. The van der Waals surface area contributed by atoms with E-state index in [4.69, 9.17) is 0 Å². The van der Waals surface area contributed by atoms with Gasteiger partial charge in [0.15, 0.2) is 0 Å². The first-order chi connectivity index (χ1) is 10.1. The molecule has 1 heteroatoms. The van der Waals surface area contributed by atoms with E-state index in [1.165, 1.54) is 6.42 Å². The molecule has 23 heavy (non-hydrogen) atoms. The third-order valence-corrected chi connectivity index (χ3v) is 8.29. The minimum atomic E-state index is 0. The predicted molar refractivity (Wildman–Crippen MR) is 100 cm³/mol. The normalized spacial score (nSPS) is 52.0. The van der Waals surface area contributed by atoms with Crippen LogP contribution in [-0.4, -0.2) is 5.48 Å². The van der Waals surface area contributed by atoms with E-state index in [1.54, 1.807) is 51.4 Å². The average molecular weight is 323 g/mol. The van der Waals surface area contributed by atoms with E-state index in [1.807, 2.05) is 0 Å². The van der Waals surface area contributed by atoms with E-state index in [9.17, 15) is 0 Å². The SMILES string of the molecule is C.CC1CC2CC(C2)C(C2CCC(C)C(C)C2)C2CC(C1)C2.O. The highest BCUT2D eigenvalue weighted by atomic mass is 16.0. The van der Waals surface area contributed by atoms with Gasteiger partial charge in [-0.15, -0.1) is 0 Å². The Kier molecular flexibility index (Phi) is 6.26. The van der Waals surface area contributed by atoms with Gasteiger partial charge in [-0.05, 0) is 105 Å². The maximum atomic E-state index is 2.53. The van der Waals surface area contributed by atoms with Gasteiger partial charge in [0.1, 0.15) is 0 Å². The summed E-state index contributed by atoms with van der Waals surface area (Å²) in [7, 11) is 0. The van der Waals surface area contributed by atoms with Gasteiger partial charge in [0.05, 0.1) is 0 Å². The van der Waals surface area contributed by atoms with Crippen LogP contribution in [0.5, 0.6) is 0 Å². The molecule has 1 nitrogen and oxygen atoms in total. The van der Waals surface area contributed by atoms with Gasteiger partial charge in [0.25, 0.3) is 0 Å². The van der Waals surface area contributed by atoms with Crippen molar-refractivity contribution in [1.29, 1.82) is 0 Å². The monoisotopic (exact) mass is 322 g/mol. The Morgan fingerprint density at radius 1 is 0.565 bits per heavy atom. The molecular formula is C22H42O. The van der Waals surface area contributed by atoms with Crippen LogP contribution in [0, 0.1) is 53.3 Å². The van der Waals surface area contributed by atoms with Gasteiger partial charge in [-0.3, -0.25) is 0 Å². The Hall–Kier alpha value is -0.0400. The molecular weight excluding hydrogens is 280 g/mol. The molecule has 0 heterocycles. The van der Waals surface area contributed by atoms with Crippen molar-refractivity contribution in [2.75, 3.05) is 0 Å². The van der Waals surface area contributed by atoms with Crippen LogP contribution in [0.4, 0.5) is 0 Å². The lowest BCUT2D eigenvalue weighted by molar-refractivity contribution is -0.0511. The standard InChI is InChI=1S/C21H36.CH4.H2O/c1-13-6-16-9-19(10-16)21(20-11-17(7-13)12-20)18-5-4-14(2)15(3)8-18;;/h13-21H,4-12H2,1-3H3;1H4;1H2. The van der Waals surface area contributed by atoms with Crippen LogP contribution in [0.1, 0.15) is 86.0 Å². The van der Waals surface area contributed by atoms with Gasteiger partial charge >= 0.3 is 0 Å². The summed E-state index contributed by atoms with van der Waals surface area (Å²) >= 11 is 0. The molecule has 0 aliphatic heterocycles. The molecule has 7 aliphatic carbocycles. The minimum absolute atomic E-state index is 0. The van der Waals surface area contributed by atoms with E-state index >= 15 is 0 Å². The second kappa shape index (κ2) is 7.46. The lowest BCUT2D eigenvalue weighted by atomic mass is 9.50. The topological polar surface area (TPSA) is 31.5 Å². The van der Waals surface area contributed by atoms with Gasteiger partial charge in [-0.1, -0.05) is 34.6 Å². The minimum Gasteiger partial charge on any atom is -0.412 e. The Labute approximate surface area is 145 Å². The largest absolute Gasteiger partial charge is 0.412 e. The Morgan fingerprint density at radius 2 is 1.09 bits per heavy atom. The fourth-order valence-electron chi connectivity index (χ4n) is 6.92. The zero-order chi connectivity index (χ0) is 14.6. The second-order valence-electron chi connectivity index (χ2n) is 9.88. The van der Waals surface area contributed by atoms with Crippen molar-refractivity contribution in [2.24, 2.45) is 53.3 Å². The molecule has 0 spiro atoms. The van der Waals surface area contributed by atoms with Gasteiger partial charge in [-0.2, -0.15) is 0 Å². The molecule has 7 aliphatic rings. The van der Waals surface area contributed by atoms with Gasteiger partial charge < -0.3 is 5.48 Å². The number of rotatable bonds is 1. The van der Waals surface area contributed by atoms with Crippen LogP contribution in [0.15, 0.2) is 0 Å². The smallest absolute Gasteiger partial charge is 0.0328 e. The average Bonchev–Trinajstić information content (AvgIpc) is 2.37. The molecule has 7 fully saturated rings. The summed E-state index contributed by atoms with van der Waals surface area (Å²) in [4.78, 5) is 0. The van der Waals surface area contributed by atoms with E-state index in [0.717, 1.165) is 53.3 Å². The first kappa shape index (κ1) is 19.3. The summed E-state index contributed by atoms with van der Waals surface area (Å²) in [6.45, 7) is 7.56. The van der Waals surface area contributed by atoms with Crippen LogP contribution in [0.3, 0.4) is 0 Å². The lowest BCUT2D eigenvalue weighted by Crippen LogP contribution is -2.46. The summed E-state index contributed by atoms with van der Waals surface area (Å²) in [6.07, 6.45) is 14.2. The molecule has 2 N–H and O–H groups in total. The molecule has 7 rings (SSSR count). The molecule has 0 radical (unpaired) electrons. The lowest BCUT2D eigenvalue weighted by Gasteiger charge is -2.55. The van der Waals surface area contributed by atoms with Crippen molar-refractivity contribution < 1.29 is 5.48 Å². The number of hydrogen-bond acceptors (Lipinski definition) is 0. The maximum Gasteiger partial charge on any atom is -0.0328 e. The van der Waals surface area contributed by atoms with Gasteiger partial charge in [-0.25, -0.2) is 0 Å². The zero-order valence-corrected chi connectivity index (χ0v) is 15.1. The fraction of sp³-hybridized carbons (Fsp3) is 1.00. The van der Waals surface area contributed by atoms with Gasteiger partial charge in [0, 0.05) is 0 Å². The predicted octanol–water partition coefficient (Wildman–Crippen LogP) is 5.97.